The van der Waals surface area contributed by atoms with Gasteiger partial charge in [-0.3, -0.25) is 0 Å². The molecule has 78 valence electrons. The van der Waals surface area contributed by atoms with Gasteiger partial charge in [0, 0.05) is 0 Å². The van der Waals surface area contributed by atoms with E-state index in [1.165, 1.54) is 17.8 Å². The van der Waals surface area contributed by atoms with E-state index in [-0.39, 0.29) is 11.6 Å². The lowest BCUT2D eigenvalue weighted by Gasteiger charge is -2.07. The SMILES string of the molecule is CSc1c(O)ccc(CCCN)c1F. The first kappa shape index (κ1) is 11.3. The molecule has 0 saturated heterocycles. The number of hydrogen-bond donors (Lipinski definition) is 2. The summed E-state index contributed by atoms with van der Waals surface area (Å²) in [4.78, 5) is 0.319. The Labute approximate surface area is 87.3 Å². The van der Waals surface area contributed by atoms with Crippen molar-refractivity contribution < 1.29 is 9.50 Å². The van der Waals surface area contributed by atoms with Gasteiger partial charge in [-0.1, -0.05) is 6.07 Å². The van der Waals surface area contributed by atoms with Gasteiger partial charge in [0.05, 0.1) is 4.90 Å². The normalized spacial score (nSPS) is 10.5. The Bertz CT molecular complexity index is 317. The molecule has 4 heteroatoms. The Morgan fingerprint density at radius 3 is 2.79 bits per heavy atom. The molecular weight excluding hydrogens is 201 g/mol. The van der Waals surface area contributed by atoms with Crippen LogP contribution < -0.4 is 5.73 Å². The zero-order chi connectivity index (χ0) is 10.6. The highest BCUT2D eigenvalue weighted by molar-refractivity contribution is 7.98. The zero-order valence-corrected chi connectivity index (χ0v) is 8.90. The topological polar surface area (TPSA) is 46.2 Å². The molecule has 0 aliphatic rings. The summed E-state index contributed by atoms with van der Waals surface area (Å²) in [6, 6.07) is 3.14. The van der Waals surface area contributed by atoms with Crippen LogP contribution in [0, 0.1) is 5.82 Å². The fourth-order valence-electron chi connectivity index (χ4n) is 1.27. The molecule has 0 heterocycles. The number of rotatable bonds is 4. The maximum Gasteiger partial charge on any atom is 0.143 e. The third-order valence-electron chi connectivity index (χ3n) is 2.01. The minimum Gasteiger partial charge on any atom is -0.507 e. The van der Waals surface area contributed by atoms with Gasteiger partial charge in [0.25, 0.3) is 0 Å². The van der Waals surface area contributed by atoms with Crippen LogP contribution in [-0.4, -0.2) is 17.9 Å². The Morgan fingerprint density at radius 2 is 2.21 bits per heavy atom. The Hall–Kier alpha value is -0.740. The van der Waals surface area contributed by atoms with Crippen LogP contribution in [0.1, 0.15) is 12.0 Å². The molecular formula is C10H14FNOS. The fraction of sp³-hybridized carbons (Fsp3) is 0.400. The predicted octanol–water partition coefficient (Wildman–Crippen LogP) is 2.14. The lowest BCUT2D eigenvalue weighted by molar-refractivity contribution is 0.447. The summed E-state index contributed by atoms with van der Waals surface area (Å²) in [7, 11) is 0. The number of aryl methyl sites for hydroxylation is 1. The van der Waals surface area contributed by atoms with Gasteiger partial charge in [0.2, 0.25) is 0 Å². The highest BCUT2D eigenvalue weighted by Gasteiger charge is 2.11. The van der Waals surface area contributed by atoms with Gasteiger partial charge in [-0.05, 0) is 37.3 Å². The molecule has 1 aromatic rings. The van der Waals surface area contributed by atoms with E-state index in [1.54, 1.807) is 12.3 Å². The number of phenols is 1. The van der Waals surface area contributed by atoms with E-state index in [0.29, 0.717) is 23.4 Å². The molecule has 0 radical (unpaired) electrons. The summed E-state index contributed by atoms with van der Waals surface area (Å²) >= 11 is 1.21. The molecule has 0 saturated carbocycles. The van der Waals surface area contributed by atoms with Crippen molar-refractivity contribution in [1.82, 2.24) is 0 Å². The summed E-state index contributed by atoms with van der Waals surface area (Å²) in [5.41, 5.74) is 5.97. The first-order chi connectivity index (χ1) is 6.70. The largest absolute Gasteiger partial charge is 0.507 e. The van der Waals surface area contributed by atoms with Crippen LogP contribution in [0.15, 0.2) is 17.0 Å². The lowest BCUT2D eigenvalue weighted by atomic mass is 10.1. The quantitative estimate of drug-likeness (QED) is 0.756. The minimum atomic E-state index is -0.314. The molecule has 1 aromatic carbocycles. The molecule has 14 heavy (non-hydrogen) atoms. The Morgan fingerprint density at radius 1 is 1.50 bits per heavy atom. The zero-order valence-electron chi connectivity index (χ0n) is 8.09. The first-order valence-corrected chi connectivity index (χ1v) is 5.67. The lowest BCUT2D eigenvalue weighted by Crippen LogP contribution is -2.02. The molecule has 0 fully saturated rings. The molecule has 0 spiro atoms. The van der Waals surface area contributed by atoms with E-state index in [4.69, 9.17) is 5.73 Å². The molecule has 2 nitrogen and oxygen atoms in total. The number of halogens is 1. The second-order valence-electron chi connectivity index (χ2n) is 2.98. The van der Waals surface area contributed by atoms with Gasteiger partial charge in [-0.25, -0.2) is 4.39 Å². The second-order valence-corrected chi connectivity index (χ2v) is 3.80. The molecule has 0 aliphatic heterocycles. The molecule has 0 bridgehead atoms. The third kappa shape index (κ3) is 2.39. The van der Waals surface area contributed by atoms with Gasteiger partial charge in [-0.2, -0.15) is 0 Å². The number of thioether (sulfide) groups is 1. The molecule has 0 atom stereocenters. The van der Waals surface area contributed by atoms with Crippen molar-refractivity contribution >= 4 is 11.8 Å². The van der Waals surface area contributed by atoms with E-state index in [9.17, 15) is 9.50 Å². The standard InChI is InChI=1S/C10H14FNOS/c1-14-10-8(13)5-4-7(9(10)11)3-2-6-12/h4-5,13H,2-3,6,12H2,1H3. The van der Waals surface area contributed by atoms with Crippen LogP contribution in [0.5, 0.6) is 5.75 Å². The van der Waals surface area contributed by atoms with Gasteiger partial charge in [-0.15, -0.1) is 11.8 Å². The van der Waals surface area contributed by atoms with Gasteiger partial charge in [0.1, 0.15) is 11.6 Å². The van der Waals surface area contributed by atoms with Crippen molar-refractivity contribution in [3.8, 4) is 5.75 Å². The average Bonchev–Trinajstić information content (AvgIpc) is 2.18. The Balaban J connectivity index is 2.96. The van der Waals surface area contributed by atoms with E-state index < -0.39 is 0 Å². The van der Waals surface area contributed by atoms with Crippen molar-refractivity contribution in [2.75, 3.05) is 12.8 Å². The number of hydrogen-bond acceptors (Lipinski definition) is 3. The van der Waals surface area contributed by atoms with Gasteiger partial charge < -0.3 is 10.8 Å². The molecule has 0 amide bonds. The molecule has 1 rings (SSSR count). The molecule has 0 aliphatic carbocycles. The van der Waals surface area contributed by atoms with Crippen LogP contribution in [0.2, 0.25) is 0 Å². The number of benzene rings is 1. The molecule has 0 aromatic heterocycles. The summed E-state index contributed by atoms with van der Waals surface area (Å²) in [5, 5.41) is 9.36. The maximum atomic E-state index is 13.6. The van der Waals surface area contributed by atoms with Crippen LogP contribution >= 0.6 is 11.8 Å². The maximum absolute atomic E-state index is 13.6. The average molecular weight is 215 g/mol. The predicted molar refractivity (Wildman–Crippen MR) is 57.2 cm³/mol. The smallest absolute Gasteiger partial charge is 0.143 e. The Kier molecular flexibility index (Phi) is 4.22. The number of phenolic OH excluding ortho intramolecular Hbond substituents is 1. The van der Waals surface area contributed by atoms with Crippen LogP contribution in [-0.2, 0) is 6.42 Å². The molecule has 3 N–H and O–H groups in total. The summed E-state index contributed by atoms with van der Waals surface area (Å²) in [6.07, 6.45) is 3.12. The summed E-state index contributed by atoms with van der Waals surface area (Å²) in [5.74, 6) is -0.308. The monoisotopic (exact) mass is 215 g/mol. The van der Waals surface area contributed by atoms with Crippen molar-refractivity contribution in [3.05, 3.63) is 23.5 Å². The van der Waals surface area contributed by atoms with Crippen molar-refractivity contribution in [1.29, 1.82) is 0 Å². The van der Waals surface area contributed by atoms with Crippen molar-refractivity contribution in [2.24, 2.45) is 5.73 Å². The van der Waals surface area contributed by atoms with E-state index >= 15 is 0 Å². The summed E-state index contributed by atoms with van der Waals surface area (Å²) < 4.78 is 13.6. The second kappa shape index (κ2) is 5.22. The van der Waals surface area contributed by atoms with Gasteiger partial charge >= 0.3 is 0 Å². The van der Waals surface area contributed by atoms with Crippen molar-refractivity contribution in [2.45, 2.75) is 17.7 Å². The fourth-order valence-corrected chi connectivity index (χ4v) is 1.85. The highest BCUT2D eigenvalue weighted by Crippen LogP contribution is 2.31. The molecule has 0 unspecified atom stereocenters. The first-order valence-electron chi connectivity index (χ1n) is 4.45. The van der Waals surface area contributed by atoms with E-state index in [0.717, 1.165) is 6.42 Å². The summed E-state index contributed by atoms with van der Waals surface area (Å²) in [6.45, 7) is 0.551. The third-order valence-corrected chi connectivity index (χ3v) is 2.81. The highest BCUT2D eigenvalue weighted by atomic mass is 32.2. The number of nitrogens with two attached hydrogens (primary N) is 1. The van der Waals surface area contributed by atoms with Crippen LogP contribution in [0.3, 0.4) is 0 Å². The van der Waals surface area contributed by atoms with E-state index in [1.807, 2.05) is 0 Å². The van der Waals surface area contributed by atoms with E-state index in [2.05, 4.69) is 0 Å². The van der Waals surface area contributed by atoms with Crippen molar-refractivity contribution in [3.63, 3.8) is 0 Å². The van der Waals surface area contributed by atoms with Crippen LogP contribution in [0.25, 0.3) is 0 Å². The number of aromatic hydroxyl groups is 1. The minimum absolute atomic E-state index is 0.00602. The van der Waals surface area contributed by atoms with Crippen LogP contribution in [0.4, 0.5) is 4.39 Å². The van der Waals surface area contributed by atoms with Gasteiger partial charge in [0.15, 0.2) is 0 Å².